The second kappa shape index (κ2) is 37.9. The van der Waals surface area contributed by atoms with E-state index >= 15 is 0 Å². The quantitative estimate of drug-likeness (QED) is 0.0568. The van der Waals surface area contributed by atoms with Crippen molar-refractivity contribution in [2.75, 3.05) is 152 Å². The predicted molar refractivity (Wildman–Crippen MR) is 236 cm³/mol. The summed E-state index contributed by atoms with van der Waals surface area (Å²) in [6, 6.07) is 21.3. The van der Waals surface area contributed by atoms with Crippen LogP contribution in [0.5, 0.6) is 0 Å². The summed E-state index contributed by atoms with van der Waals surface area (Å²) in [5.74, 6) is 0. The summed E-state index contributed by atoms with van der Waals surface area (Å²) in [5.41, 5.74) is 0. The van der Waals surface area contributed by atoms with Gasteiger partial charge in [0.05, 0.1) is 145 Å². The van der Waals surface area contributed by atoms with Gasteiger partial charge in [0.2, 0.25) is 0 Å². The monoisotopic (exact) mass is 853 g/mol. The Bertz CT molecular complexity index is 1120. The van der Waals surface area contributed by atoms with Crippen LogP contribution in [-0.4, -0.2) is 160 Å². The van der Waals surface area contributed by atoms with Gasteiger partial charge in [0, 0.05) is 6.61 Å². The number of unbranched alkanes of at least 4 members (excludes halogenated alkanes) is 5. The van der Waals surface area contributed by atoms with Crippen molar-refractivity contribution >= 4 is 18.7 Å². The minimum absolute atomic E-state index is 0.0565. The molecule has 2 rings (SSSR count). The molecule has 0 aliphatic carbocycles. The Balaban J connectivity index is 1.26. The van der Waals surface area contributed by atoms with Gasteiger partial charge in [0.15, 0.2) is 0 Å². The number of hydrogen-bond acceptors (Lipinski definition) is 12. The average Bonchev–Trinajstić information content (AvgIpc) is 3.24. The summed E-state index contributed by atoms with van der Waals surface area (Å²) in [6.45, 7) is 21.5. The van der Waals surface area contributed by atoms with Gasteiger partial charge in [-0.05, 0) is 21.8 Å². The zero-order chi connectivity index (χ0) is 42.2. The van der Waals surface area contributed by atoms with Crippen molar-refractivity contribution in [3.05, 3.63) is 60.7 Å². The Hall–Kier alpha value is -1.82. The van der Waals surface area contributed by atoms with Crippen molar-refractivity contribution in [1.29, 1.82) is 0 Å². The first-order valence-electron chi connectivity index (χ1n) is 22.1. The fourth-order valence-electron chi connectivity index (χ4n) is 6.30. The molecule has 2 aromatic rings. The van der Waals surface area contributed by atoms with Crippen molar-refractivity contribution in [1.82, 2.24) is 0 Å². The van der Waals surface area contributed by atoms with Gasteiger partial charge in [-0.25, -0.2) is 0 Å². The second-order valence-electron chi connectivity index (χ2n) is 15.0. The highest BCUT2D eigenvalue weighted by molar-refractivity contribution is 6.99. The molecule has 13 heteroatoms. The minimum Gasteiger partial charge on any atom is -0.405 e. The molecule has 0 aromatic heterocycles. The lowest BCUT2D eigenvalue weighted by molar-refractivity contribution is -0.0277. The molecule has 0 amide bonds. The fraction of sp³-hybridized carbons (Fsp3) is 0.739. The second-order valence-corrected chi connectivity index (χ2v) is 19.3. The predicted octanol–water partition coefficient (Wildman–Crippen LogP) is 6.11. The molecule has 0 saturated carbocycles. The summed E-state index contributed by atoms with van der Waals surface area (Å²) in [7, 11) is -2.54. The van der Waals surface area contributed by atoms with Crippen LogP contribution in [-0.2, 0) is 56.5 Å². The van der Waals surface area contributed by atoms with Crippen molar-refractivity contribution in [3.63, 3.8) is 0 Å². The molecular formula is C46H80O12Si. The lowest BCUT2D eigenvalue weighted by atomic mass is 10.1. The minimum atomic E-state index is -2.54. The molecule has 340 valence electrons. The van der Waals surface area contributed by atoms with Crippen molar-refractivity contribution in [3.8, 4) is 0 Å². The van der Waals surface area contributed by atoms with Crippen LogP contribution < -0.4 is 10.4 Å². The van der Waals surface area contributed by atoms with E-state index in [0.717, 1.165) is 13.0 Å². The van der Waals surface area contributed by atoms with Gasteiger partial charge >= 0.3 is 0 Å². The molecule has 0 radical (unpaired) electrons. The van der Waals surface area contributed by atoms with Crippen molar-refractivity contribution in [2.24, 2.45) is 0 Å². The molecule has 0 fully saturated rings. The highest BCUT2D eigenvalue weighted by Crippen LogP contribution is 2.36. The maximum atomic E-state index is 6.86. The summed E-state index contributed by atoms with van der Waals surface area (Å²) >= 11 is 0. The van der Waals surface area contributed by atoms with E-state index in [1.54, 1.807) is 0 Å². The van der Waals surface area contributed by atoms with Crippen molar-refractivity contribution in [2.45, 2.75) is 71.3 Å². The highest BCUT2D eigenvalue weighted by atomic mass is 28.4. The van der Waals surface area contributed by atoms with Gasteiger partial charge < -0.3 is 56.5 Å². The highest BCUT2D eigenvalue weighted by Gasteiger charge is 2.50. The number of rotatable bonds is 43. The molecule has 0 N–H and O–H groups in total. The van der Waals surface area contributed by atoms with Crippen molar-refractivity contribution < 1.29 is 56.5 Å². The Labute approximate surface area is 358 Å². The normalized spacial score (nSPS) is 12.1. The van der Waals surface area contributed by atoms with E-state index in [4.69, 9.17) is 56.5 Å². The Morgan fingerprint density at radius 3 is 0.864 bits per heavy atom. The molecule has 0 unspecified atom stereocenters. The lowest BCUT2D eigenvalue weighted by Crippen LogP contribution is -2.66. The molecular weight excluding hydrogens is 773 g/mol. The van der Waals surface area contributed by atoms with Gasteiger partial charge in [-0.2, -0.15) is 0 Å². The van der Waals surface area contributed by atoms with Crippen LogP contribution in [0.4, 0.5) is 0 Å². The number of benzene rings is 2. The average molecular weight is 853 g/mol. The molecule has 0 aliphatic heterocycles. The van der Waals surface area contributed by atoms with E-state index < -0.39 is 8.32 Å². The number of ether oxygens (including phenoxy) is 11. The molecule has 0 atom stereocenters. The standard InChI is InChI=1S/C46H80O12Si/c1-5-6-7-8-9-16-21-47-22-23-48-24-25-49-26-27-50-28-29-51-30-31-52-32-33-53-34-35-54-36-37-55-38-39-56-40-41-57-42-43-58-59(46(2,3)4,44-17-12-10-13-18-44)45-19-14-11-15-20-45/h10-15,17-20H,5-9,16,21-43H2,1-4H3. The first-order chi connectivity index (χ1) is 29.0. The van der Waals surface area contributed by atoms with E-state index in [0.29, 0.717) is 145 Å². The Morgan fingerprint density at radius 2 is 0.576 bits per heavy atom. The van der Waals surface area contributed by atoms with Crippen LogP contribution in [0, 0.1) is 0 Å². The maximum Gasteiger partial charge on any atom is 0.261 e. The van der Waals surface area contributed by atoms with Gasteiger partial charge in [-0.1, -0.05) is 120 Å². The van der Waals surface area contributed by atoms with E-state index in [2.05, 4.69) is 88.4 Å². The largest absolute Gasteiger partial charge is 0.405 e. The molecule has 2 aromatic carbocycles. The first-order valence-corrected chi connectivity index (χ1v) is 24.0. The van der Waals surface area contributed by atoms with E-state index in [9.17, 15) is 0 Å². The molecule has 0 aliphatic rings. The summed E-state index contributed by atoms with van der Waals surface area (Å²) in [4.78, 5) is 0. The van der Waals surface area contributed by atoms with Gasteiger partial charge in [0.25, 0.3) is 8.32 Å². The summed E-state index contributed by atoms with van der Waals surface area (Å²) in [6.07, 6.45) is 7.67. The van der Waals surface area contributed by atoms with Gasteiger partial charge in [0.1, 0.15) is 0 Å². The SMILES string of the molecule is CCCCCCCCOCCOCCOCCOCCOCCOCCOCCOCCOCCOCCOCCO[Si](c1ccccc1)(c1ccccc1)C(C)(C)C. The van der Waals surface area contributed by atoms with E-state index in [1.807, 2.05) is 0 Å². The van der Waals surface area contributed by atoms with Gasteiger partial charge in [-0.15, -0.1) is 0 Å². The molecule has 12 nitrogen and oxygen atoms in total. The van der Waals surface area contributed by atoms with Crippen LogP contribution in [0.25, 0.3) is 0 Å². The first kappa shape index (κ1) is 53.3. The zero-order valence-electron chi connectivity index (χ0n) is 37.2. The van der Waals surface area contributed by atoms with E-state index in [1.165, 1.54) is 42.5 Å². The lowest BCUT2D eigenvalue weighted by Gasteiger charge is -2.43. The maximum absolute atomic E-state index is 6.86. The third kappa shape index (κ3) is 27.0. The third-order valence-corrected chi connectivity index (χ3v) is 14.4. The van der Waals surface area contributed by atoms with Crippen LogP contribution in [0.2, 0.25) is 5.04 Å². The Morgan fingerprint density at radius 1 is 0.322 bits per heavy atom. The summed E-state index contributed by atoms with van der Waals surface area (Å²) in [5, 5.41) is 2.48. The smallest absolute Gasteiger partial charge is 0.261 e. The molecule has 59 heavy (non-hydrogen) atoms. The topological polar surface area (TPSA) is 111 Å². The Kier molecular flexibility index (Phi) is 34.2. The molecule has 0 saturated heterocycles. The van der Waals surface area contributed by atoms with E-state index in [-0.39, 0.29) is 5.04 Å². The fourth-order valence-corrected chi connectivity index (χ4v) is 10.8. The van der Waals surface area contributed by atoms with Crippen LogP contribution in [0.1, 0.15) is 66.2 Å². The van der Waals surface area contributed by atoms with Crippen LogP contribution >= 0.6 is 0 Å². The van der Waals surface area contributed by atoms with Crippen LogP contribution in [0.15, 0.2) is 60.7 Å². The van der Waals surface area contributed by atoms with Gasteiger partial charge in [-0.3, -0.25) is 0 Å². The molecule has 0 heterocycles. The molecule has 0 spiro atoms. The van der Waals surface area contributed by atoms with Crippen LogP contribution in [0.3, 0.4) is 0 Å². The number of hydrogen-bond donors (Lipinski definition) is 0. The zero-order valence-corrected chi connectivity index (χ0v) is 38.2. The molecule has 0 bridgehead atoms. The summed E-state index contributed by atoms with van der Waals surface area (Å²) < 4.78 is 68.3. The third-order valence-electron chi connectivity index (χ3n) is 9.33.